The van der Waals surface area contributed by atoms with Gasteiger partial charge in [0.15, 0.2) is 0 Å². The van der Waals surface area contributed by atoms with Crippen LogP contribution in [0.15, 0.2) is 60.7 Å². The van der Waals surface area contributed by atoms with Crippen molar-refractivity contribution in [3.8, 4) is 11.5 Å². The van der Waals surface area contributed by atoms with E-state index >= 15 is 0 Å². The molecule has 6 nitrogen and oxygen atoms in total. The molecular weight excluding hydrogens is 464 g/mol. The van der Waals surface area contributed by atoms with E-state index in [1.54, 1.807) is 0 Å². The number of benzene rings is 3. The highest BCUT2D eigenvalue weighted by Gasteiger charge is 2.57. The molecule has 3 aliphatic heterocycles. The van der Waals surface area contributed by atoms with Crippen molar-refractivity contribution in [1.29, 1.82) is 0 Å². The maximum atomic E-state index is 14.2. The van der Waals surface area contributed by atoms with Gasteiger partial charge in [0.1, 0.15) is 23.5 Å². The number of fused-ring (bicyclic) bond motifs is 5. The van der Waals surface area contributed by atoms with Gasteiger partial charge in [-0.3, -0.25) is 9.59 Å². The Kier molecular flexibility index (Phi) is 5.90. The molecule has 190 valence electrons. The number of hydrogen-bond donors (Lipinski definition) is 1. The number of carbonyl (C=O) groups is 2. The molecule has 0 radical (unpaired) electrons. The van der Waals surface area contributed by atoms with Crippen LogP contribution in [0.3, 0.4) is 0 Å². The quantitative estimate of drug-likeness (QED) is 0.499. The lowest BCUT2D eigenvalue weighted by atomic mass is 9.76. The van der Waals surface area contributed by atoms with Gasteiger partial charge in [0.2, 0.25) is 5.91 Å². The summed E-state index contributed by atoms with van der Waals surface area (Å²) < 4.78 is 11.8. The Morgan fingerprint density at radius 1 is 1.00 bits per heavy atom. The molecule has 0 aliphatic carbocycles. The summed E-state index contributed by atoms with van der Waals surface area (Å²) in [6, 6.07) is 19.6. The number of para-hydroxylation sites is 1. The largest absolute Gasteiger partial charge is 0.493 e. The van der Waals surface area contributed by atoms with Gasteiger partial charge >= 0.3 is 0 Å². The minimum absolute atomic E-state index is 0.0262. The lowest BCUT2D eigenvalue weighted by molar-refractivity contribution is -0.122. The summed E-state index contributed by atoms with van der Waals surface area (Å²) in [5, 5.41) is 3.05. The molecule has 0 saturated carbocycles. The van der Waals surface area contributed by atoms with Crippen molar-refractivity contribution in [2.24, 2.45) is 5.92 Å². The number of rotatable bonds is 7. The molecule has 0 fully saturated rings. The summed E-state index contributed by atoms with van der Waals surface area (Å²) in [5.74, 6) is 2.05. The van der Waals surface area contributed by atoms with Gasteiger partial charge in [-0.15, -0.1) is 0 Å². The van der Waals surface area contributed by atoms with E-state index in [4.69, 9.17) is 9.47 Å². The summed E-state index contributed by atoms with van der Waals surface area (Å²) >= 11 is 0. The average molecular weight is 497 g/mol. The molecule has 3 aromatic rings. The van der Waals surface area contributed by atoms with Gasteiger partial charge in [0.05, 0.1) is 13.2 Å². The van der Waals surface area contributed by atoms with Gasteiger partial charge < -0.3 is 19.7 Å². The highest BCUT2D eigenvalue weighted by molar-refractivity contribution is 6.11. The smallest absolute Gasteiger partial charge is 0.251 e. The molecule has 6 rings (SSSR count). The summed E-state index contributed by atoms with van der Waals surface area (Å²) in [5.41, 5.74) is 4.71. The van der Waals surface area contributed by atoms with Crippen molar-refractivity contribution in [3.63, 3.8) is 0 Å². The van der Waals surface area contributed by atoms with Gasteiger partial charge in [-0.1, -0.05) is 57.0 Å². The van der Waals surface area contributed by atoms with Gasteiger partial charge in [-0.25, -0.2) is 0 Å². The minimum atomic E-state index is -0.849. The molecule has 3 heterocycles. The van der Waals surface area contributed by atoms with Crippen molar-refractivity contribution < 1.29 is 19.1 Å². The molecule has 1 unspecified atom stereocenters. The number of hydrogen-bond acceptors (Lipinski definition) is 4. The van der Waals surface area contributed by atoms with Crippen LogP contribution in [0.2, 0.25) is 0 Å². The van der Waals surface area contributed by atoms with Crippen molar-refractivity contribution in [2.75, 3.05) is 24.7 Å². The molecule has 1 atom stereocenters. The second-order valence-electron chi connectivity index (χ2n) is 10.2. The fourth-order valence-electron chi connectivity index (χ4n) is 5.87. The Morgan fingerprint density at radius 3 is 2.57 bits per heavy atom. The third-order valence-electron chi connectivity index (χ3n) is 8.22. The van der Waals surface area contributed by atoms with Crippen LogP contribution in [0.1, 0.15) is 59.3 Å². The number of amides is 2. The maximum Gasteiger partial charge on any atom is 0.251 e. The zero-order valence-electron chi connectivity index (χ0n) is 21.4. The van der Waals surface area contributed by atoms with E-state index in [0.717, 1.165) is 58.7 Å². The van der Waals surface area contributed by atoms with Crippen LogP contribution in [0.4, 0.5) is 5.69 Å². The van der Waals surface area contributed by atoms with Crippen molar-refractivity contribution >= 4 is 17.5 Å². The van der Waals surface area contributed by atoms with E-state index < -0.39 is 5.41 Å². The Hall–Kier alpha value is -3.80. The van der Waals surface area contributed by atoms with Crippen LogP contribution in [0.5, 0.6) is 11.5 Å². The highest BCUT2D eigenvalue weighted by atomic mass is 16.5. The first-order chi connectivity index (χ1) is 18.0. The predicted molar refractivity (Wildman–Crippen MR) is 142 cm³/mol. The predicted octanol–water partition coefficient (Wildman–Crippen LogP) is 5.01. The first kappa shape index (κ1) is 23.6. The lowest BCUT2D eigenvalue weighted by Gasteiger charge is -2.23. The fourth-order valence-corrected chi connectivity index (χ4v) is 5.87. The Balaban J connectivity index is 1.26. The van der Waals surface area contributed by atoms with E-state index in [1.165, 1.54) is 0 Å². The zero-order valence-corrected chi connectivity index (χ0v) is 21.4. The first-order valence-corrected chi connectivity index (χ1v) is 13.3. The van der Waals surface area contributed by atoms with E-state index in [-0.39, 0.29) is 18.4 Å². The summed E-state index contributed by atoms with van der Waals surface area (Å²) in [4.78, 5) is 28.7. The SMILES string of the molecule is CCC(CC)CNC(=O)c1ccc(CN2C(=O)C3(COc4cc5c(cc43)CCO5)c3ccccc32)cc1. The van der Waals surface area contributed by atoms with Crippen molar-refractivity contribution in [3.05, 3.63) is 88.5 Å². The van der Waals surface area contributed by atoms with Gasteiger partial charge in [-0.05, 0) is 46.9 Å². The molecule has 3 aromatic carbocycles. The number of ether oxygens (including phenoxy) is 2. The van der Waals surface area contributed by atoms with Crippen molar-refractivity contribution in [1.82, 2.24) is 5.32 Å². The molecule has 37 heavy (non-hydrogen) atoms. The van der Waals surface area contributed by atoms with E-state index in [0.29, 0.717) is 31.2 Å². The lowest BCUT2D eigenvalue weighted by Crippen LogP contribution is -2.42. The average Bonchev–Trinajstić information content (AvgIpc) is 3.61. The third-order valence-corrected chi connectivity index (χ3v) is 8.22. The first-order valence-electron chi connectivity index (χ1n) is 13.3. The monoisotopic (exact) mass is 496 g/mol. The topological polar surface area (TPSA) is 67.9 Å². The molecule has 2 amide bonds. The van der Waals surface area contributed by atoms with Crippen LogP contribution >= 0.6 is 0 Å². The highest BCUT2D eigenvalue weighted by Crippen LogP contribution is 2.54. The normalized spacial score (nSPS) is 19.0. The van der Waals surface area contributed by atoms with E-state index in [9.17, 15) is 9.59 Å². The standard InChI is InChI=1S/C31H32N2O4/c1-3-20(4-2)17-32-29(34)22-11-9-21(10-12-22)18-33-26-8-6-5-7-24(26)31(30(33)35)19-37-28-16-27-23(13-14-36-27)15-25(28)31/h5-12,15-16,20H,3-4,13-14,17-19H2,1-2H3,(H,32,34). The van der Waals surface area contributed by atoms with Crippen LogP contribution in [-0.2, 0) is 23.2 Å². The van der Waals surface area contributed by atoms with Gasteiger partial charge in [0, 0.05) is 35.8 Å². The fraction of sp³-hybridized carbons (Fsp3) is 0.355. The van der Waals surface area contributed by atoms with E-state index in [2.05, 4.69) is 25.2 Å². The Labute approximate surface area is 217 Å². The maximum absolute atomic E-state index is 14.2. The van der Waals surface area contributed by atoms with Gasteiger partial charge in [0.25, 0.3) is 5.91 Å². The molecule has 1 spiro atoms. The molecular formula is C31H32N2O4. The van der Waals surface area contributed by atoms with Crippen LogP contribution < -0.4 is 19.7 Å². The second kappa shape index (κ2) is 9.25. The Morgan fingerprint density at radius 2 is 1.78 bits per heavy atom. The second-order valence-corrected chi connectivity index (χ2v) is 10.2. The molecule has 6 heteroatoms. The molecule has 0 saturated heterocycles. The minimum Gasteiger partial charge on any atom is -0.493 e. The van der Waals surface area contributed by atoms with Crippen LogP contribution in [-0.4, -0.2) is 31.6 Å². The number of anilines is 1. The third kappa shape index (κ3) is 3.78. The van der Waals surface area contributed by atoms with Crippen LogP contribution in [0, 0.1) is 5.92 Å². The number of nitrogens with zero attached hydrogens (tertiary/aromatic N) is 1. The molecule has 0 aromatic heterocycles. The Bertz CT molecular complexity index is 1360. The zero-order chi connectivity index (χ0) is 25.6. The van der Waals surface area contributed by atoms with Gasteiger partial charge in [-0.2, -0.15) is 0 Å². The molecule has 3 aliphatic rings. The number of nitrogens with one attached hydrogen (secondary N) is 1. The summed E-state index contributed by atoms with van der Waals surface area (Å²) in [7, 11) is 0. The van der Waals surface area contributed by atoms with E-state index in [1.807, 2.05) is 59.5 Å². The molecule has 1 N–H and O–H groups in total. The summed E-state index contributed by atoms with van der Waals surface area (Å²) in [6.45, 7) is 6.35. The van der Waals surface area contributed by atoms with Crippen molar-refractivity contribution in [2.45, 2.75) is 45.1 Å². The molecule has 0 bridgehead atoms. The van der Waals surface area contributed by atoms with Crippen LogP contribution in [0.25, 0.3) is 0 Å². The number of carbonyl (C=O) groups excluding carboxylic acids is 2. The summed E-state index contributed by atoms with van der Waals surface area (Å²) in [6.07, 6.45) is 2.94.